The number of rotatable bonds is 9. The van der Waals surface area contributed by atoms with Gasteiger partial charge in [-0.25, -0.2) is 0 Å². The quantitative estimate of drug-likeness (QED) is 0.750. The SMILES string of the molecule is CCCOc1cc(OCCC)c(CCCN)cc1Cl. The average Bonchev–Trinajstić information content (AvgIpc) is 2.42. The molecule has 0 radical (unpaired) electrons. The van der Waals surface area contributed by atoms with Gasteiger partial charge in [0, 0.05) is 6.07 Å². The molecular formula is C15H24ClNO2. The van der Waals surface area contributed by atoms with Crippen molar-refractivity contribution in [1.29, 1.82) is 0 Å². The first-order valence-corrected chi connectivity index (χ1v) is 7.38. The number of aryl methyl sites for hydroxylation is 1. The van der Waals surface area contributed by atoms with Crippen LogP contribution in [0.5, 0.6) is 11.5 Å². The van der Waals surface area contributed by atoms with Crippen molar-refractivity contribution in [2.24, 2.45) is 5.73 Å². The third-order valence-corrected chi connectivity index (χ3v) is 2.98. The van der Waals surface area contributed by atoms with Crippen LogP contribution < -0.4 is 15.2 Å². The molecule has 0 aliphatic carbocycles. The standard InChI is InChI=1S/C15H24ClNO2/c1-3-8-18-14-11-15(19-9-4-2)13(16)10-12(14)6-5-7-17/h10-11H,3-9,17H2,1-2H3. The Morgan fingerprint density at radius 3 is 2.26 bits per heavy atom. The van der Waals surface area contributed by atoms with Gasteiger partial charge in [0.15, 0.2) is 0 Å². The van der Waals surface area contributed by atoms with Crippen molar-refractivity contribution in [2.75, 3.05) is 19.8 Å². The molecule has 0 heterocycles. The van der Waals surface area contributed by atoms with Crippen LogP contribution in [0.2, 0.25) is 5.02 Å². The minimum Gasteiger partial charge on any atom is -0.493 e. The maximum Gasteiger partial charge on any atom is 0.141 e. The Labute approximate surface area is 121 Å². The molecule has 2 N–H and O–H groups in total. The van der Waals surface area contributed by atoms with Crippen molar-refractivity contribution in [3.05, 3.63) is 22.7 Å². The van der Waals surface area contributed by atoms with Crippen molar-refractivity contribution in [2.45, 2.75) is 39.5 Å². The Morgan fingerprint density at radius 1 is 1.05 bits per heavy atom. The highest BCUT2D eigenvalue weighted by molar-refractivity contribution is 6.32. The van der Waals surface area contributed by atoms with E-state index in [2.05, 4.69) is 13.8 Å². The van der Waals surface area contributed by atoms with Crippen LogP contribution in [-0.4, -0.2) is 19.8 Å². The maximum absolute atomic E-state index is 6.24. The summed E-state index contributed by atoms with van der Waals surface area (Å²) in [6.07, 6.45) is 3.73. The number of hydrogen-bond donors (Lipinski definition) is 1. The molecule has 108 valence electrons. The molecule has 0 saturated carbocycles. The molecule has 0 atom stereocenters. The van der Waals surface area contributed by atoms with E-state index in [4.69, 9.17) is 26.8 Å². The first-order chi connectivity index (χ1) is 9.22. The molecule has 1 aromatic rings. The van der Waals surface area contributed by atoms with Gasteiger partial charge in [-0.15, -0.1) is 0 Å². The zero-order valence-corrected chi connectivity index (χ0v) is 12.6. The average molecular weight is 286 g/mol. The van der Waals surface area contributed by atoms with Crippen LogP contribution in [0.4, 0.5) is 0 Å². The molecule has 0 saturated heterocycles. The zero-order valence-electron chi connectivity index (χ0n) is 11.9. The molecule has 1 rings (SSSR count). The van der Waals surface area contributed by atoms with E-state index < -0.39 is 0 Å². The van der Waals surface area contributed by atoms with E-state index in [0.717, 1.165) is 37.0 Å². The Bertz CT molecular complexity index is 383. The Kier molecular flexibility index (Phi) is 7.68. The molecule has 0 bridgehead atoms. The van der Waals surface area contributed by atoms with Gasteiger partial charge in [0.25, 0.3) is 0 Å². The van der Waals surface area contributed by atoms with Gasteiger partial charge in [-0.05, 0) is 43.9 Å². The fraction of sp³-hybridized carbons (Fsp3) is 0.600. The fourth-order valence-corrected chi connectivity index (χ4v) is 1.97. The number of hydrogen-bond acceptors (Lipinski definition) is 3. The third kappa shape index (κ3) is 5.29. The van der Waals surface area contributed by atoms with E-state index in [-0.39, 0.29) is 0 Å². The summed E-state index contributed by atoms with van der Waals surface area (Å²) in [6, 6.07) is 3.84. The smallest absolute Gasteiger partial charge is 0.141 e. The lowest BCUT2D eigenvalue weighted by Crippen LogP contribution is -2.04. The Morgan fingerprint density at radius 2 is 1.68 bits per heavy atom. The lowest BCUT2D eigenvalue weighted by molar-refractivity contribution is 0.299. The van der Waals surface area contributed by atoms with E-state index in [9.17, 15) is 0 Å². The van der Waals surface area contributed by atoms with Gasteiger partial charge in [-0.3, -0.25) is 0 Å². The minimum absolute atomic E-state index is 0.643. The van der Waals surface area contributed by atoms with Crippen LogP contribution in [0.3, 0.4) is 0 Å². The molecule has 0 aliphatic heterocycles. The molecule has 3 nitrogen and oxygen atoms in total. The van der Waals surface area contributed by atoms with Crippen LogP contribution in [0, 0.1) is 0 Å². The summed E-state index contributed by atoms with van der Waals surface area (Å²) in [5.74, 6) is 1.57. The van der Waals surface area contributed by atoms with Crippen molar-refractivity contribution in [3.63, 3.8) is 0 Å². The molecule has 1 aromatic carbocycles. The van der Waals surface area contributed by atoms with Crippen LogP contribution in [0.25, 0.3) is 0 Å². The minimum atomic E-state index is 0.643. The lowest BCUT2D eigenvalue weighted by Gasteiger charge is -2.15. The van der Waals surface area contributed by atoms with E-state index in [0.29, 0.717) is 30.5 Å². The van der Waals surface area contributed by atoms with E-state index in [1.54, 1.807) is 0 Å². The van der Waals surface area contributed by atoms with Crippen molar-refractivity contribution in [3.8, 4) is 11.5 Å². The Balaban J connectivity index is 2.91. The van der Waals surface area contributed by atoms with Crippen LogP contribution >= 0.6 is 11.6 Å². The number of nitrogens with two attached hydrogens (primary N) is 1. The molecule has 19 heavy (non-hydrogen) atoms. The summed E-state index contributed by atoms with van der Waals surface area (Å²) in [6.45, 7) is 6.18. The summed E-state index contributed by atoms with van der Waals surface area (Å²) >= 11 is 6.24. The van der Waals surface area contributed by atoms with Crippen molar-refractivity contribution in [1.82, 2.24) is 0 Å². The zero-order chi connectivity index (χ0) is 14.1. The second kappa shape index (κ2) is 9.05. The molecule has 0 aromatic heterocycles. The molecule has 4 heteroatoms. The second-order valence-corrected chi connectivity index (χ2v) is 4.89. The summed E-state index contributed by atoms with van der Waals surface area (Å²) in [7, 11) is 0. The maximum atomic E-state index is 6.24. The monoisotopic (exact) mass is 285 g/mol. The highest BCUT2D eigenvalue weighted by Gasteiger charge is 2.10. The lowest BCUT2D eigenvalue weighted by atomic mass is 10.1. The highest BCUT2D eigenvalue weighted by atomic mass is 35.5. The van der Waals surface area contributed by atoms with Gasteiger partial charge in [-0.1, -0.05) is 25.4 Å². The Hall–Kier alpha value is -0.930. The third-order valence-electron chi connectivity index (χ3n) is 2.69. The van der Waals surface area contributed by atoms with Gasteiger partial charge in [0.1, 0.15) is 11.5 Å². The largest absolute Gasteiger partial charge is 0.493 e. The predicted molar refractivity (Wildman–Crippen MR) is 80.4 cm³/mol. The summed E-state index contributed by atoms with van der Waals surface area (Å²) in [5.41, 5.74) is 6.67. The first kappa shape index (κ1) is 16.1. The van der Waals surface area contributed by atoms with Gasteiger partial charge in [0.2, 0.25) is 0 Å². The van der Waals surface area contributed by atoms with Gasteiger partial charge in [-0.2, -0.15) is 0 Å². The molecule has 0 spiro atoms. The highest BCUT2D eigenvalue weighted by Crippen LogP contribution is 2.33. The fourth-order valence-electron chi connectivity index (χ4n) is 1.73. The van der Waals surface area contributed by atoms with Crippen LogP contribution in [0.1, 0.15) is 38.7 Å². The molecule has 0 unspecified atom stereocenters. The van der Waals surface area contributed by atoms with Gasteiger partial charge in [0.05, 0.1) is 18.2 Å². The van der Waals surface area contributed by atoms with E-state index in [1.165, 1.54) is 0 Å². The van der Waals surface area contributed by atoms with Crippen molar-refractivity contribution >= 4 is 11.6 Å². The second-order valence-electron chi connectivity index (χ2n) is 4.48. The number of benzene rings is 1. The van der Waals surface area contributed by atoms with Crippen molar-refractivity contribution < 1.29 is 9.47 Å². The molecule has 0 fully saturated rings. The number of halogens is 1. The predicted octanol–water partition coefficient (Wildman–Crippen LogP) is 3.81. The summed E-state index contributed by atoms with van der Waals surface area (Å²) < 4.78 is 11.4. The van der Waals surface area contributed by atoms with Crippen LogP contribution in [-0.2, 0) is 6.42 Å². The van der Waals surface area contributed by atoms with E-state index in [1.807, 2.05) is 12.1 Å². The molecule has 0 amide bonds. The summed E-state index contributed by atoms with van der Waals surface area (Å²) in [5, 5.41) is 0.643. The summed E-state index contributed by atoms with van der Waals surface area (Å²) in [4.78, 5) is 0. The molecule has 0 aliphatic rings. The van der Waals surface area contributed by atoms with Gasteiger partial charge >= 0.3 is 0 Å². The normalized spacial score (nSPS) is 10.5. The number of ether oxygens (including phenoxy) is 2. The topological polar surface area (TPSA) is 44.5 Å². The van der Waals surface area contributed by atoms with Gasteiger partial charge < -0.3 is 15.2 Å². The molecular weight excluding hydrogens is 262 g/mol. The van der Waals surface area contributed by atoms with E-state index >= 15 is 0 Å². The first-order valence-electron chi connectivity index (χ1n) is 7.01. The van der Waals surface area contributed by atoms with Crippen LogP contribution in [0.15, 0.2) is 12.1 Å².